The van der Waals surface area contributed by atoms with Gasteiger partial charge >= 0.3 is 0 Å². The normalized spacial score (nSPS) is 12.0. The quantitative estimate of drug-likeness (QED) is 0.676. The largest absolute Gasteiger partial charge is 0.332 e. The van der Waals surface area contributed by atoms with Crippen LogP contribution in [0.2, 0.25) is 0 Å². The van der Waals surface area contributed by atoms with E-state index in [1.165, 1.54) is 5.54 Å². The van der Waals surface area contributed by atoms with Crippen LogP contribution in [0.15, 0.2) is 29.3 Å². The lowest BCUT2D eigenvalue weighted by Gasteiger charge is -1.96. The molecule has 0 spiro atoms. The molecule has 2 nitrogen and oxygen atoms in total. The van der Waals surface area contributed by atoms with Crippen molar-refractivity contribution in [2.45, 2.75) is 6.54 Å². The van der Waals surface area contributed by atoms with E-state index in [9.17, 15) is 0 Å². The summed E-state index contributed by atoms with van der Waals surface area (Å²) in [6.07, 6.45) is 5.20. The summed E-state index contributed by atoms with van der Waals surface area (Å²) in [6.45, 7) is 0.588. The lowest BCUT2D eigenvalue weighted by atomic mass is 10.6. The lowest BCUT2D eigenvalue weighted by Crippen LogP contribution is -1.92. The summed E-state index contributed by atoms with van der Waals surface area (Å²) in [5, 5.41) is 0.597. The molecule has 0 saturated carbocycles. The van der Waals surface area contributed by atoms with Crippen molar-refractivity contribution in [3.05, 3.63) is 29.3 Å². The Kier molecular flexibility index (Phi) is 2.78. The zero-order valence-electron chi connectivity index (χ0n) is 5.17. The zero-order chi connectivity index (χ0) is 7.40. The Bertz CT molecular complexity index is 216. The molecule has 0 saturated heterocycles. The molecule has 1 aromatic heterocycles. The molecule has 0 N–H and O–H groups in total. The number of hydrogen-bond donors (Lipinski definition) is 0. The Morgan fingerprint density at radius 2 is 2.50 bits per heavy atom. The second-order valence-corrected chi connectivity index (χ2v) is 2.49. The molecule has 1 heterocycles. The predicted molar refractivity (Wildman–Crippen MR) is 42.0 cm³/mol. The van der Waals surface area contributed by atoms with Crippen molar-refractivity contribution in [2.75, 3.05) is 0 Å². The number of rotatable bonds is 2. The average molecular weight is 177 g/mol. The van der Waals surface area contributed by atoms with Crippen LogP contribution < -0.4 is 0 Å². The summed E-state index contributed by atoms with van der Waals surface area (Å²) in [4.78, 5) is 3.84. The number of halogens is 2. The molecule has 0 aliphatic heterocycles. The van der Waals surface area contributed by atoms with Crippen molar-refractivity contribution in [2.24, 2.45) is 0 Å². The first-order valence-corrected chi connectivity index (χ1v) is 3.55. The molecular weight excluding hydrogens is 171 g/mol. The second kappa shape index (κ2) is 3.64. The summed E-state index contributed by atoms with van der Waals surface area (Å²) >= 11 is 11.0. The predicted octanol–water partition coefficient (Wildman–Crippen LogP) is 2.20. The van der Waals surface area contributed by atoms with Crippen LogP contribution in [0.3, 0.4) is 0 Å². The lowest BCUT2D eigenvalue weighted by molar-refractivity contribution is 0.810. The van der Waals surface area contributed by atoms with Gasteiger partial charge in [-0.3, -0.25) is 0 Å². The summed E-state index contributed by atoms with van der Waals surface area (Å²) in [7, 11) is 0. The number of nitrogens with zero attached hydrogens (tertiary/aromatic N) is 2. The van der Waals surface area contributed by atoms with E-state index < -0.39 is 0 Å². The number of hydrogen-bond acceptors (Lipinski definition) is 1. The molecular formula is C6H6Cl2N2. The molecule has 0 amide bonds. The fourth-order valence-electron chi connectivity index (χ4n) is 0.589. The summed E-state index contributed by atoms with van der Waals surface area (Å²) < 4.78 is 1.83. The van der Waals surface area contributed by atoms with Crippen molar-refractivity contribution in [3.63, 3.8) is 0 Å². The van der Waals surface area contributed by atoms with Crippen molar-refractivity contribution in [3.8, 4) is 0 Å². The Labute approximate surface area is 69.1 Å². The minimum Gasteiger partial charge on any atom is -0.332 e. The van der Waals surface area contributed by atoms with Crippen molar-refractivity contribution in [1.29, 1.82) is 0 Å². The van der Waals surface area contributed by atoms with E-state index in [0.717, 1.165) is 0 Å². The number of allylic oxidation sites excluding steroid dienone is 1. The van der Waals surface area contributed by atoms with Crippen LogP contribution in [0.1, 0.15) is 0 Å². The molecule has 0 aromatic carbocycles. The Morgan fingerprint density at radius 1 is 1.70 bits per heavy atom. The van der Waals surface area contributed by atoms with E-state index in [2.05, 4.69) is 4.98 Å². The molecule has 0 fully saturated rings. The summed E-state index contributed by atoms with van der Waals surface area (Å²) in [5.74, 6) is 0. The molecule has 0 unspecified atom stereocenters. The van der Waals surface area contributed by atoms with E-state index in [1.807, 2.05) is 10.8 Å². The highest BCUT2D eigenvalue weighted by Gasteiger charge is 1.91. The van der Waals surface area contributed by atoms with Gasteiger partial charge in [0.15, 0.2) is 0 Å². The SMILES string of the molecule is ClC=C(Cl)Cn1ccnc1. The van der Waals surface area contributed by atoms with Gasteiger partial charge in [-0.05, 0) is 0 Å². The van der Waals surface area contributed by atoms with Crippen LogP contribution in [-0.2, 0) is 6.54 Å². The molecule has 0 radical (unpaired) electrons. The fraction of sp³-hybridized carbons (Fsp3) is 0.167. The van der Waals surface area contributed by atoms with Crippen LogP contribution in [-0.4, -0.2) is 9.55 Å². The van der Waals surface area contributed by atoms with Gasteiger partial charge in [-0.25, -0.2) is 4.98 Å². The van der Waals surface area contributed by atoms with Gasteiger partial charge in [0.25, 0.3) is 0 Å². The molecule has 4 heteroatoms. The first-order valence-electron chi connectivity index (χ1n) is 2.73. The smallest absolute Gasteiger partial charge is 0.0949 e. The highest BCUT2D eigenvalue weighted by atomic mass is 35.5. The number of imidazole rings is 1. The van der Waals surface area contributed by atoms with E-state index in [4.69, 9.17) is 23.2 Å². The second-order valence-electron chi connectivity index (χ2n) is 1.79. The molecule has 1 aromatic rings. The third-order valence-corrected chi connectivity index (χ3v) is 1.61. The van der Waals surface area contributed by atoms with Crippen molar-refractivity contribution in [1.82, 2.24) is 9.55 Å². The van der Waals surface area contributed by atoms with Gasteiger partial charge in [-0.1, -0.05) is 23.2 Å². The van der Waals surface area contributed by atoms with Crippen LogP contribution in [0, 0.1) is 0 Å². The van der Waals surface area contributed by atoms with Gasteiger partial charge in [0.2, 0.25) is 0 Å². The Hall–Kier alpha value is -0.470. The van der Waals surface area contributed by atoms with Crippen molar-refractivity contribution >= 4 is 23.2 Å². The average Bonchev–Trinajstić information content (AvgIpc) is 2.40. The van der Waals surface area contributed by atoms with Gasteiger partial charge in [0.1, 0.15) is 0 Å². The highest BCUT2D eigenvalue weighted by molar-refractivity contribution is 6.36. The molecule has 54 valence electrons. The maximum absolute atomic E-state index is 5.64. The first-order chi connectivity index (χ1) is 4.83. The van der Waals surface area contributed by atoms with E-state index in [1.54, 1.807) is 12.5 Å². The standard InChI is InChI=1S/C6H6Cl2N2/c7-3-6(8)4-10-2-1-9-5-10/h1-3,5H,4H2. The van der Waals surface area contributed by atoms with E-state index in [-0.39, 0.29) is 0 Å². The third kappa shape index (κ3) is 2.05. The van der Waals surface area contributed by atoms with Gasteiger partial charge < -0.3 is 4.57 Å². The molecule has 0 aliphatic carbocycles. The topological polar surface area (TPSA) is 17.8 Å². The number of aromatic nitrogens is 2. The monoisotopic (exact) mass is 176 g/mol. The van der Waals surface area contributed by atoms with E-state index in [0.29, 0.717) is 11.6 Å². The maximum Gasteiger partial charge on any atom is 0.0949 e. The third-order valence-electron chi connectivity index (χ3n) is 1.01. The minimum atomic E-state index is 0.588. The van der Waals surface area contributed by atoms with Gasteiger partial charge in [0, 0.05) is 23.0 Å². The Balaban J connectivity index is 2.56. The molecule has 0 aliphatic rings. The summed E-state index contributed by atoms with van der Waals surface area (Å²) in [6, 6.07) is 0. The molecule has 0 bridgehead atoms. The van der Waals surface area contributed by atoms with Crippen LogP contribution >= 0.6 is 23.2 Å². The zero-order valence-corrected chi connectivity index (χ0v) is 6.68. The van der Waals surface area contributed by atoms with Crippen LogP contribution in [0.25, 0.3) is 0 Å². The van der Waals surface area contributed by atoms with Crippen molar-refractivity contribution < 1.29 is 0 Å². The highest BCUT2D eigenvalue weighted by Crippen LogP contribution is 2.05. The van der Waals surface area contributed by atoms with Crippen LogP contribution in [0.4, 0.5) is 0 Å². The van der Waals surface area contributed by atoms with E-state index >= 15 is 0 Å². The Morgan fingerprint density at radius 3 is 3.00 bits per heavy atom. The fourth-order valence-corrected chi connectivity index (χ4v) is 0.796. The maximum atomic E-state index is 5.64. The molecule has 10 heavy (non-hydrogen) atoms. The minimum absolute atomic E-state index is 0.588. The van der Waals surface area contributed by atoms with Gasteiger partial charge in [0.05, 0.1) is 12.9 Å². The van der Waals surface area contributed by atoms with Gasteiger partial charge in [-0.15, -0.1) is 0 Å². The molecule has 1 rings (SSSR count). The molecule has 0 atom stereocenters. The van der Waals surface area contributed by atoms with Crippen LogP contribution in [0.5, 0.6) is 0 Å². The van der Waals surface area contributed by atoms with Gasteiger partial charge in [-0.2, -0.15) is 0 Å². The first kappa shape index (κ1) is 7.63. The summed E-state index contributed by atoms with van der Waals surface area (Å²) in [5.41, 5.74) is 1.35.